The average molecular weight is 325 g/mol. The molecule has 1 aromatic carbocycles. The number of pyridine rings is 1. The van der Waals surface area contributed by atoms with E-state index in [1.807, 2.05) is 35.9 Å². The van der Waals surface area contributed by atoms with Crippen molar-refractivity contribution in [1.82, 2.24) is 19.9 Å². The summed E-state index contributed by atoms with van der Waals surface area (Å²) in [6.07, 6.45) is 7.61. The van der Waals surface area contributed by atoms with Crippen LogP contribution in [0.5, 0.6) is 0 Å². The predicted molar refractivity (Wildman–Crippen MR) is 93.2 cm³/mol. The number of rotatable bonds is 5. The molecule has 124 valence electrons. The van der Waals surface area contributed by atoms with Gasteiger partial charge in [0.05, 0.1) is 6.33 Å². The maximum atomic E-state index is 12.4. The Hall–Kier alpha value is -3.09. The van der Waals surface area contributed by atoms with E-state index in [-0.39, 0.29) is 11.1 Å². The minimum Gasteiger partial charge on any atom is -0.359 e. The van der Waals surface area contributed by atoms with Crippen molar-refractivity contribution in [3.05, 3.63) is 58.9 Å². The summed E-state index contributed by atoms with van der Waals surface area (Å²) in [5, 5.41) is 5.91. The van der Waals surface area contributed by atoms with Gasteiger partial charge >= 0.3 is 6.03 Å². The molecule has 3 aromatic rings. The number of hydrogen-bond donors (Lipinski definition) is 3. The van der Waals surface area contributed by atoms with Gasteiger partial charge < -0.3 is 20.2 Å². The number of hydrogen-bond acceptors (Lipinski definition) is 3. The zero-order valence-electron chi connectivity index (χ0n) is 13.4. The van der Waals surface area contributed by atoms with E-state index in [2.05, 4.69) is 20.6 Å². The van der Waals surface area contributed by atoms with Crippen LogP contribution in [0.4, 0.5) is 10.5 Å². The first-order valence-electron chi connectivity index (χ1n) is 7.76. The molecule has 24 heavy (non-hydrogen) atoms. The minimum absolute atomic E-state index is 0.194. The largest absolute Gasteiger partial charge is 0.359 e. The van der Waals surface area contributed by atoms with Gasteiger partial charge in [0.15, 0.2) is 0 Å². The maximum absolute atomic E-state index is 12.4. The second-order valence-corrected chi connectivity index (χ2v) is 5.62. The molecule has 7 heteroatoms. The van der Waals surface area contributed by atoms with E-state index in [1.165, 1.54) is 6.20 Å². The molecule has 0 bridgehead atoms. The number of aromatic nitrogens is 3. The highest BCUT2D eigenvalue weighted by molar-refractivity contribution is 5.91. The number of anilines is 1. The van der Waals surface area contributed by atoms with E-state index in [0.29, 0.717) is 11.9 Å². The van der Waals surface area contributed by atoms with Crippen LogP contribution in [0.1, 0.15) is 12.0 Å². The van der Waals surface area contributed by atoms with Crippen LogP contribution in [0.25, 0.3) is 10.9 Å². The van der Waals surface area contributed by atoms with Gasteiger partial charge in [-0.15, -0.1) is 0 Å². The van der Waals surface area contributed by atoms with Crippen molar-refractivity contribution in [3.8, 4) is 0 Å². The number of nitrogens with one attached hydrogen (secondary N) is 3. The highest BCUT2D eigenvalue weighted by Crippen LogP contribution is 2.12. The quantitative estimate of drug-likeness (QED) is 0.628. The number of imidazole rings is 1. The van der Waals surface area contributed by atoms with Crippen molar-refractivity contribution in [2.24, 2.45) is 0 Å². The molecule has 0 atom stereocenters. The van der Waals surface area contributed by atoms with Crippen LogP contribution in [-0.2, 0) is 6.54 Å². The molecule has 2 amide bonds. The number of carbonyl (C=O) groups is 1. The second-order valence-electron chi connectivity index (χ2n) is 5.62. The minimum atomic E-state index is -0.391. The fraction of sp³-hybridized carbons (Fsp3) is 0.235. The Kier molecular flexibility index (Phi) is 4.60. The summed E-state index contributed by atoms with van der Waals surface area (Å²) in [5.74, 6) is 0. The number of carbonyl (C=O) groups excluding carboxylic acids is 1. The fourth-order valence-corrected chi connectivity index (χ4v) is 2.47. The van der Waals surface area contributed by atoms with Gasteiger partial charge in [0.2, 0.25) is 5.43 Å². The van der Waals surface area contributed by atoms with Crippen LogP contribution in [0.15, 0.2) is 47.9 Å². The summed E-state index contributed by atoms with van der Waals surface area (Å²) in [6, 6.07) is 5.20. The molecule has 0 aliphatic rings. The molecule has 0 aliphatic carbocycles. The second kappa shape index (κ2) is 6.99. The summed E-state index contributed by atoms with van der Waals surface area (Å²) >= 11 is 0. The highest BCUT2D eigenvalue weighted by atomic mass is 16.2. The monoisotopic (exact) mass is 325 g/mol. The molecule has 2 aromatic heterocycles. The fourth-order valence-electron chi connectivity index (χ4n) is 2.47. The summed E-state index contributed by atoms with van der Waals surface area (Å²) in [7, 11) is 0. The molecule has 0 aliphatic heterocycles. The maximum Gasteiger partial charge on any atom is 0.319 e. The zero-order chi connectivity index (χ0) is 16.9. The number of aryl methyl sites for hydroxylation is 2. The van der Waals surface area contributed by atoms with Crippen molar-refractivity contribution in [2.75, 3.05) is 11.9 Å². The van der Waals surface area contributed by atoms with Crippen molar-refractivity contribution in [2.45, 2.75) is 19.9 Å². The number of urea groups is 1. The van der Waals surface area contributed by atoms with E-state index in [1.54, 1.807) is 12.5 Å². The van der Waals surface area contributed by atoms with E-state index >= 15 is 0 Å². The molecule has 7 nitrogen and oxygen atoms in total. The number of aromatic amines is 1. The van der Waals surface area contributed by atoms with E-state index in [9.17, 15) is 9.59 Å². The third-order valence-electron chi connectivity index (χ3n) is 3.72. The first-order chi connectivity index (χ1) is 11.6. The molecule has 0 radical (unpaired) electrons. The van der Waals surface area contributed by atoms with Crippen molar-refractivity contribution in [3.63, 3.8) is 0 Å². The van der Waals surface area contributed by atoms with Gasteiger partial charge in [0.25, 0.3) is 0 Å². The summed E-state index contributed by atoms with van der Waals surface area (Å²) in [5.41, 5.74) is 1.78. The number of nitrogens with zero attached hydrogens (tertiary/aromatic N) is 2. The molecular formula is C17H19N5O2. The summed E-state index contributed by atoms with van der Waals surface area (Å²) in [4.78, 5) is 31.3. The lowest BCUT2D eigenvalue weighted by molar-refractivity contribution is 0.252. The van der Waals surface area contributed by atoms with Crippen LogP contribution in [-0.4, -0.2) is 27.1 Å². The van der Waals surface area contributed by atoms with Crippen molar-refractivity contribution < 1.29 is 4.79 Å². The topological polar surface area (TPSA) is 91.8 Å². The van der Waals surface area contributed by atoms with Gasteiger partial charge in [-0.2, -0.15) is 0 Å². The summed E-state index contributed by atoms with van der Waals surface area (Å²) < 4.78 is 1.94. The van der Waals surface area contributed by atoms with Gasteiger partial charge in [-0.3, -0.25) is 4.79 Å². The number of benzene rings is 1. The Morgan fingerprint density at radius 3 is 3.04 bits per heavy atom. The Labute approximate surface area is 138 Å². The standard InChI is InChI=1S/C17H19N5O2/c1-12-3-4-14-13(9-12)16(23)15(10-20-14)21-17(24)19-5-2-7-22-8-6-18-11-22/h3-4,6,8-11H,2,5,7H2,1H3,(H,20,23)(H2,19,21,24). The van der Waals surface area contributed by atoms with E-state index in [0.717, 1.165) is 24.0 Å². The van der Waals surface area contributed by atoms with Crippen LogP contribution in [0.3, 0.4) is 0 Å². The Bertz CT molecular complexity index is 899. The summed E-state index contributed by atoms with van der Waals surface area (Å²) in [6.45, 7) is 3.21. The lowest BCUT2D eigenvalue weighted by atomic mass is 10.1. The van der Waals surface area contributed by atoms with Crippen molar-refractivity contribution in [1.29, 1.82) is 0 Å². The Morgan fingerprint density at radius 2 is 2.25 bits per heavy atom. The van der Waals surface area contributed by atoms with E-state index < -0.39 is 6.03 Å². The molecule has 2 heterocycles. The molecule has 0 spiro atoms. The van der Waals surface area contributed by atoms with Crippen LogP contribution >= 0.6 is 0 Å². The number of fused-ring (bicyclic) bond motifs is 1. The molecular weight excluding hydrogens is 306 g/mol. The van der Waals surface area contributed by atoms with Gasteiger partial charge in [-0.05, 0) is 25.5 Å². The van der Waals surface area contributed by atoms with Gasteiger partial charge in [-0.1, -0.05) is 11.6 Å². The normalized spacial score (nSPS) is 10.7. The van der Waals surface area contributed by atoms with Crippen LogP contribution < -0.4 is 16.1 Å². The molecule has 0 unspecified atom stereocenters. The third kappa shape index (κ3) is 3.62. The lowest BCUT2D eigenvalue weighted by Gasteiger charge is -2.08. The number of H-pyrrole nitrogens is 1. The highest BCUT2D eigenvalue weighted by Gasteiger charge is 2.08. The zero-order valence-corrected chi connectivity index (χ0v) is 13.4. The first-order valence-corrected chi connectivity index (χ1v) is 7.76. The first kappa shape index (κ1) is 15.8. The average Bonchev–Trinajstić information content (AvgIpc) is 3.08. The molecule has 0 saturated carbocycles. The van der Waals surface area contributed by atoms with E-state index in [4.69, 9.17) is 0 Å². The smallest absolute Gasteiger partial charge is 0.319 e. The lowest BCUT2D eigenvalue weighted by Crippen LogP contribution is -2.31. The van der Waals surface area contributed by atoms with Gasteiger partial charge in [0, 0.05) is 42.6 Å². The Balaban J connectivity index is 1.59. The SMILES string of the molecule is Cc1ccc2[nH]cc(NC(=O)NCCCn3ccnc3)c(=O)c2c1. The number of amides is 2. The molecule has 3 rings (SSSR count). The van der Waals surface area contributed by atoms with Gasteiger partial charge in [-0.25, -0.2) is 9.78 Å². The molecule has 3 N–H and O–H groups in total. The Morgan fingerprint density at radius 1 is 1.38 bits per heavy atom. The van der Waals surface area contributed by atoms with Crippen LogP contribution in [0.2, 0.25) is 0 Å². The van der Waals surface area contributed by atoms with Gasteiger partial charge in [0.1, 0.15) is 5.69 Å². The van der Waals surface area contributed by atoms with Crippen molar-refractivity contribution >= 4 is 22.6 Å². The third-order valence-corrected chi connectivity index (χ3v) is 3.72. The van der Waals surface area contributed by atoms with Crippen LogP contribution in [0, 0.1) is 6.92 Å². The predicted octanol–water partition coefficient (Wildman–Crippen LogP) is 2.24. The molecule has 0 saturated heterocycles. The molecule has 0 fully saturated rings.